The van der Waals surface area contributed by atoms with Crippen molar-refractivity contribution in [3.8, 4) is 17.6 Å². The van der Waals surface area contributed by atoms with Gasteiger partial charge in [-0.05, 0) is 88.4 Å². The molecule has 0 unspecified atom stereocenters. The fourth-order valence-corrected chi connectivity index (χ4v) is 9.36. The lowest BCUT2D eigenvalue weighted by Crippen LogP contribution is -2.77. The zero-order valence-corrected chi connectivity index (χ0v) is 28.2. The molecule has 1 atom stereocenters. The number of sulfonamides is 1. The Morgan fingerprint density at radius 1 is 1.04 bits per heavy atom. The number of rotatable bonds is 8. The average Bonchev–Trinajstić information content (AvgIpc) is 3.29. The van der Waals surface area contributed by atoms with E-state index in [1.54, 1.807) is 24.3 Å². The summed E-state index contributed by atoms with van der Waals surface area (Å²) in [6.07, 6.45) is 3.51. The molecule has 4 aliphatic rings. The second kappa shape index (κ2) is 11.8. The van der Waals surface area contributed by atoms with Crippen molar-refractivity contribution in [2.75, 3.05) is 64.3 Å². The van der Waals surface area contributed by atoms with Crippen molar-refractivity contribution < 1.29 is 22.7 Å². The number of carbonyl (C=O) groups is 1. The van der Waals surface area contributed by atoms with Gasteiger partial charge in [0.1, 0.15) is 11.5 Å². The summed E-state index contributed by atoms with van der Waals surface area (Å²) in [5.74, 6) is 0.234. The molecule has 4 aliphatic heterocycles. The zero-order chi connectivity index (χ0) is 33.1. The summed E-state index contributed by atoms with van der Waals surface area (Å²) >= 11 is 6.04. The number of likely N-dealkylation sites (tertiary alicyclic amines) is 3. The number of anilines is 1. The predicted molar refractivity (Wildman–Crippen MR) is 176 cm³/mol. The van der Waals surface area contributed by atoms with Gasteiger partial charge >= 0.3 is 0 Å². The van der Waals surface area contributed by atoms with E-state index in [4.69, 9.17) is 21.1 Å². The van der Waals surface area contributed by atoms with Crippen molar-refractivity contribution in [3.05, 3.63) is 76.4 Å². The lowest BCUT2D eigenvalue weighted by atomic mass is 9.67. The van der Waals surface area contributed by atoms with Crippen LogP contribution in [0.2, 0.25) is 5.02 Å². The summed E-state index contributed by atoms with van der Waals surface area (Å²) in [7, 11) is -0.804. The molecule has 3 saturated heterocycles. The molecule has 246 valence electrons. The molecule has 0 radical (unpaired) electrons. The number of halogens is 1. The Balaban J connectivity index is 1.36. The smallest absolute Gasteiger partial charge is 0.288 e. The number of carbonyl (C=O) groups excluding carboxylic acids is 1. The third kappa shape index (κ3) is 4.98. The standard InChI is InChI=1S/C34H37ClN6O5S/c1-4-46-30-9-7-26(45-3)16-28(30)34(40-21-33(22-40)19-39(20-33)25-11-13-38(2)14-12-25)27-15-23(17-36)5-8-29(27)41(32(34)42)47(43,44)31-10-6-24(35)18-37-31/h5-10,15-16,18,25H,4,11-14,19-22H2,1-3H3/t34-/m1/s1. The fraction of sp³-hybridized carbons (Fsp3) is 0.441. The molecular formula is C34H37ClN6O5S. The van der Waals surface area contributed by atoms with Crippen LogP contribution in [0.15, 0.2) is 59.8 Å². The van der Waals surface area contributed by atoms with Crippen LogP contribution in [0.5, 0.6) is 11.5 Å². The van der Waals surface area contributed by atoms with Gasteiger partial charge in [0.15, 0.2) is 10.6 Å². The summed E-state index contributed by atoms with van der Waals surface area (Å²) in [6.45, 7) is 7.30. The molecule has 11 nitrogen and oxygen atoms in total. The molecule has 1 spiro atoms. The first-order valence-corrected chi connectivity index (χ1v) is 17.6. The van der Waals surface area contributed by atoms with Crippen molar-refractivity contribution in [3.63, 3.8) is 0 Å². The summed E-state index contributed by atoms with van der Waals surface area (Å²) in [5, 5.41) is 9.93. The molecule has 13 heteroatoms. The van der Waals surface area contributed by atoms with Crippen molar-refractivity contribution in [2.45, 2.75) is 36.4 Å². The first kappa shape index (κ1) is 31.8. The molecule has 0 aliphatic carbocycles. The van der Waals surface area contributed by atoms with Gasteiger partial charge in [-0.1, -0.05) is 11.6 Å². The minimum absolute atomic E-state index is 0.0295. The largest absolute Gasteiger partial charge is 0.497 e. The molecule has 2 aromatic carbocycles. The minimum atomic E-state index is -4.50. The van der Waals surface area contributed by atoms with E-state index in [2.05, 4.69) is 32.8 Å². The number of methoxy groups -OCH3 is 1. The Morgan fingerprint density at radius 3 is 2.43 bits per heavy atom. The van der Waals surface area contributed by atoms with E-state index in [1.165, 1.54) is 37.6 Å². The van der Waals surface area contributed by atoms with Gasteiger partial charge in [0.25, 0.3) is 15.9 Å². The molecule has 5 heterocycles. The second-order valence-electron chi connectivity index (χ2n) is 13.0. The lowest BCUT2D eigenvalue weighted by Gasteiger charge is -2.65. The highest BCUT2D eigenvalue weighted by molar-refractivity contribution is 7.93. The maximum atomic E-state index is 15.3. The molecular weight excluding hydrogens is 640 g/mol. The van der Waals surface area contributed by atoms with Crippen LogP contribution in [0.4, 0.5) is 5.69 Å². The fourth-order valence-electron chi connectivity index (χ4n) is 7.86. The van der Waals surface area contributed by atoms with E-state index in [1.807, 2.05) is 6.92 Å². The maximum Gasteiger partial charge on any atom is 0.288 e. The van der Waals surface area contributed by atoms with Gasteiger partial charge in [-0.25, -0.2) is 4.98 Å². The number of benzene rings is 2. The van der Waals surface area contributed by atoms with Crippen LogP contribution < -0.4 is 13.8 Å². The molecule has 0 N–H and O–H groups in total. The topological polar surface area (TPSA) is 119 Å². The molecule has 0 bridgehead atoms. The molecule has 1 amide bonds. The second-order valence-corrected chi connectivity index (χ2v) is 15.2. The van der Waals surface area contributed by atoms with E-state index in [0.717, 1.165) is 43.3 Å². The number of nitrogens with zero attached hydrogens (tertiary/aromatic N) is 6. The first-order chi connectivity index (χ1) is 22.6. The number of aromatic nitrogens is 1. The number of amides is 1. The predicted octanol–water partition coefficient (Wildman–Crippen LogP) is 3.70. The molecule has 7 rings (SSSR count). The monoisotopic (exact) mass is 676 g/mol. The van der Waals surface area contributed by atoms with Crippen LogP contribution in [-0.2, 0) is 20.4 Å². The Labute approximate surface area is 280 Å². The number of hydrogen-bond acceptors (Lipinski definition) is 10. The molecule has 3 fully saturated rings. The number of fused-ring (bicyclic) bond motifs is 1. The van der Waals surface area contributed by atoms with Crippen LogP contribution >= 0.6 is 11.6 Å². The molecule has 3 aromatic rings. The normalized spacial score (nSPS) is 23.2. The average molecular weight is 677 g/mol. The number of nitriles is 1. The zero-order valence-electron chi connectivity index (χ0n) is 26.6. The van der Waals surface area contributed by atoms with Crippen molar-refractivity contribution in [2.24, 2.45) is 5.41 Å². The minimum Gasteiger partial charge on any atom is -0.497 e. The van der Waals surface area contributed by atoms with Gasteiger partial charge in [-0.2, -0.15) is 18.0 Å². The van der Waals surface area contributed by atoms with Crippen LogP contribution in [-0.4, -0.2) is 100 Å². The van der Waals surface area contributed by atoms with Crippen molar-refractivity contribution in [1.82, 2.24) is 19.7 Å². The van der Waals surface area contributed by atoms with Crippen molar-refractivity contribution >= 4 is 33.2 Å². The Hall–Kier alpha value is -3.73. The van der Waals surface area contributed by atoms with Gasteiger partial charge in [0, 0.05) is 55.0 Å². The third-order valence-corrected chi connectivity index (χ3v) is 12.0. The number of hydrogen-bond donors (Lipinski definition) is 0. The summed E-state index contributed by atoms with van der Waals surface area (Å²) in [5.41, 5.74) is -0.326. The number of piperidine rings is 1. The van der Waals surface area contributed by atoms with E-state index < -0.39 is 21.5 Å². The summed E-state index contributed by atoms with van der Waals surface area (Å²) in [4.78, 5) is 26.3. The number of ether oxygens (including phenoxy) is 2. The van der Waals surface area contributed by atoms with E-state index >= 15 is 4.79 Å². The Morgan fingerprint density at radius 2 is 1.79 bits per heavy atom. The van der Waals surface area contributed by atoms with Crippen LogP contribution in [0, 0.1) is 16.7 Å². The summed E-state index contributed by atoms with van der Waals surface area (Å²) < 4.78 is 41.3. The van der Waals surface area contributed by atoms with Crippen LogP contribution in [0.25, 0.3) is 0 Å². The maximum absolute atomic E-state index is 15.3. The molecule has 47 heavy (non-hydrogen) atoms. The van der Waals surface area contributed by atoms with Gasteiger partial charge in [-0.15, -0.1) is 0 Å². The highest BCUT2D eigenvalue weighted by atomic mass is 35.5. The van der Waals surface area contributed by atoms with E-state index in [0.29, 0.717) is 53.9 Å². The quantitative estimate of drug-likeness (QED) is 0.349. The third-order valence-electron chi connectivity index (χ3n) is 10.1. The SMILES string of the molecule is CCOc1ccc(OC)cc1[C@@]1(N2CC3(CN(C4CCN(C)CC4)C3)C2)C(=O)N(S(=O)(=O)c2ccc(Cl)cn2)c2ccc(C#N)cc21. The number of pyridine rings is 1. The van der Waals surface area contributed by atoms with Gasteiger partial charge in [-0.3, -0.25) is 14.6 Å². The Kier molecular flexibility index (Phi) is 7.96. The lowest BCUT2D eigenvalue weighted by molar-refractivity contribution is -0.169. The van der Waals surface area contributed by atoms with Gasteiger partial charge < -0.3 is 14.4 Å². The highest BCUT2D eigenvalue weighted by Crippen LogP contribution is 2.57. The van der Waals surface area contributed by atoms with E-state index in [9.17, 15) is 13.7 Å². The summed E-state index contributed by atoms with van der Waals surface area (Å²) in [6, 6.07) is 15.4. The van der Waals surface area contributed by atoms with Gasteiger partial charge in [0.2, 0.25) is 0 Å². The molecule has 0 saturated carbocycles. The van der Waals surface area contributed by atoms with Crippen LogP contribution in [0.1, 0.15) is 36.5 Å². The highest BCUT2D eigenvalue weighted by Gasteiger charge is 2.67. The van der Waals surface area contributed by atoms with Gasteiger partial charge in [0.05, 0.1) is 36.1 Å². The molecule has 1 aromatic heterocycles. The van der Waals surface area contributed by atoms with E-state index in [-0.39, 0.29) is 21.2 Å². The van der Waals surface area contributed by atoms with Crippen molar-refractivity contribution in [1.29, 1.82) is 5.26 Å². The Bertz CT molecular complexity index is 1860. The van der Waals surface area contributed by atoms with Crippen LogP contribution in [0.3, 0.4) is 0 Å². The first-order valence-electron chi connectivity index (χ1n) is 15.8.